The highest BCUT2D eigenvalue weighted by Gasteiger charge is 2.37. The topological polar surface area (TPSA) is 84.9 Å². The van der Waals surface area contributed by atoms with Gasteiger partial charge in [-0.25, -0.2) is 0 Å². The predicted octanol–water partition coefficient (Wildman–Crippen LogP) is 7.38. The SMILES string of the molecule is COc1ccc(C(F)(F)F)cc1NC(=O)CN1C(=O)S/C(=C\c2cc(Br)ccc2OCc2ccc(Cl)cc2)C1=O. The minimum Gasteiger partial charge on any atom is -0.495 e. The molecule has 1 aliphatic heterocycles. The van der Waals surface area contributed by atoms with Gasteiger partial charge in [0.1, 0.15) is 24.7 Å². The summed E-state index contributed by atoms with van der Waals surface area (Å²) in [5.41, 5.74) is 0.122. The van der Waals surface area contributed by atoms with Gasteiger partial charge in [0.15, 0.2) is 0 Å². The number of imide groups is 1. The van der Waals surface area contributed by atoms with Crippen LogP contribution in [0.3, 0.4) is 0 Å². The maximum absolute atomic E-state index is 13.1. The summed E-state index contributed by atoms with van der Waals surface area (Å²) in [7, 11) is 1.23. The Bertz CT molecular complexity index is 1500. The number of rotatable bonds is 8. The third-order valence-electron chi connectivity index (χ3n) is 5.54. The van der Waals surface area contributed by atoms with Gasteiger partial charge in [-0.3, -0.25) is 19.3 Å². The number of hydrogen-bond donors (Lipinski definition) is 1. The van der Waals surface area contributed by atoms with Gasteiger partial charge in [-0.05, 0) is 71.9 Å². The van der Waals surface area contributed by atoms with Crippen LogP contribution in [0.15, 0.2) is 70.0 Å². The van der Waals surface area contributed by atoms with Crippen LogP contribution < -0.4 is 14.8 Å². The van der Waals surface area contributed by atoms with Crippen molar-refractivity contribution < 1.29 is 37.0 Å². The van der Waals surface area contributed by atoms with E-state index in [4.69, 9.17) is 21.1 Å². The van der Waals surface area contributed by atoms with Crippen molar-refractivity contribution >= 4 is 68.1 Å². The molecule has 1 N–H and O–H groups in total. The first-order valence-corrected chi connectivity index (χ1v) is 13.4. The number of carbonyl (C=O) groups is 3. The number of benzene rings is 3. The highest BCUT2D eigenvalue weighted by molar-refractivity contribution is 9.10. The predicted molar refractivity (Wildman–Crippen MR) is 149 cm³/mol. The number of ether oxygens (including phenoxy) is 2. The molecular weight excluding hydrogens is 637 g/mol. The molecule has 0 aliphatic carbocycles. The van der Waals surface area contributed by atoms with Crippen LogP contribution in [0.25, 0.3) is 6.08 Å². The summed E-state index contributed by atoms with van der Waals surface area (Å²) in [5, 5.41) is 2.17. The molecule has 0 atom stereocenters. The second-order valence-corrected chi connectivity index (χ2v) is 10.7. The number of methoxy groups -OCH3 is 1. The quantitative estimate of drug-likeness (QED) is 0.255. The van der Waals surface area contributed by atoms with E-state index in [-0.39, 0.29) is 22.9 Å². The van der Waals surface area contributed by atoms with Gasteiger partial charge in [-0.15, -0.1) is 0 Å². The molecule has 13 heteroatoms. The molecule has 0 unspecified atom stereocenters. The van der Waals surface area contributed by atoms with E-state index in [1.165, 1.54) is 13.2 Å². The first-order chi connectivity index (χ1) is 18.9. The highest BCUT2D eigenvalue weighted by atomic mass is 79.9. The zero-order valence-corrected chi connectivity index (χ0v) is 23.7. The zero-order valence-electron chi connectivity index (χ0n) is 20.6. The molecule has 3 amide bonds. The van der Waals surface area contributed by atoms with Crippen molar-refractivity contribution in [3.63, 3.8) is 0 Å². The monoisotopic (exact) mass is 654 g/mol. The molecule has 1 saturated heterocycles. The smallest absolute Gasteiger partial charge is 0.416 e. The molecular formula is C27H19BrClF3N2O5S. The van der Waals surface area contributed by atoms with Gasteiger partial charge in [-0.2, -0.15) is 13.2 Å². The second kappa shape index (κ2) is 12.4. The van der Waals surface area contributed by atoms with E-state index in [1.807, 2.05) is 12.1 Å². The number of nitrogens with one attached hydrogen (secondary N) is 1. The molecule has 7 nitrogen and oxygen atoms in total. The van der Waals surface area contributed by atoms with Gasteiger partial charge in [0.05, 0.1) is 23.3 Å². The van der Waals surface area contributed by atoms with E-state index in [2.05, 4.69) is 21.2 Å². The van der Waals surface area contributed by atoms with Crippen LogP contribution in [0.4, 0.5) is 23.7 Å². The Morgan fingerprint density at radius 1 is 1.07 bits per heavy atom. The molecule has 0 bridgehead atoms. The minimum atomic E-state index is -4.65. The van der Waals surface area contributed by atoms with Crippen molar-refractivity contribution in [2.75, 3.05) is 19.0 Å². The van der Waals surface area contributed by atoms with Crippen LogP contribution in [0.5, 0.6) is 11.5 Å². The van der Waals surface area contributed by atoms with Crippen molar-refractivity contribution in [3.05, 3.63) is 91.8 Å². The summed E-state index contributed by atoms with van der Waals surface area (Å²) in [4.78, 5) is 39.0. The molecule has 3 aromatic rings. The van der Waals surface area contributed by atoms with Crippen LogP contribution >= 0.6 is 39.3 Å². The number of thioether (sulfide) groups is 1. The highest BCUT2D eigenvalue weighted by Crippen LogP contribution is 2.37. The fourth-order valence-corrected chi connectivity index (χ4v) is 4.93. The van der Waals surface area contributed by atoms with Crippen molar-refractivity contribution in [2.24, 2.45) is 0 Å². The summed E-state index contributed by atoms with van der Waals surface area (Å²) >= 11 is 9.93. The lowest BCUT2D eigenvalue weighted by Gasteiger charge is -2.16. The Hall–Kier alpha value is -3.48. The molecule has 1 heterocycles. The largest absolute Gasteiger partial charge is 0.495 e. The third kappa shape index (κ3) is 7.18. The molecule has 0 saturated carbocycles. The Morgan fingerprint density at radius 3 is 2.45 bits per heavy atom. The van der Waals surface area contributed by atoms with Gasteiger partial charge in [0.25, 0.3) is 11.1 Å². The molecule has 40 heavy (non-hydrogen) atoms. The van der Waals surface area contributed by atoms with Gasteiger partial charge in [-0.1, -0.05) is 39.7 Å². The molecule has 3 aromatic carbocycles. The van der Waals surface area contributed by atoms with Crippen LogP contribution in [-0.2, 0) is 22.4 Å². The van der Waals surface area contributed by atoms with E-state index in [0.717, 1.165) is 17.7 Å². The number of alkyl halides is 3. The molecule has 0 spiro atoms. The third-order valence-corrected chi connectivity index (χ3v) is 7.19. The van der Waals surface area contributed by atoms with Gasteiger partial charge in [0, 0.05) is 15.1 Å². The number of hydrogen-bond acceptors (Lipinski definition) is 6. The fraction of sp³-hybridized carbons (Fsp3) is 0.148. The minimum absolute atomic E-state index is 0.0174. The Kier molecular flexibility index (Phi) is 9.12. The molecule has 0 aromatic heterocycles. The van der Waals surface area contributed by atoms with Crippen molar-refractivity contribution in [1.82, 2.24) is 4.90 Å². The molecule has 0 radical (unpaired) electrons. The normalized spacial score (nSPS) is 14.6. The average Bonchev–Trinajstić information content (AvgIpc) is 3.15. The summed E-state index contributed by atoms with van der Waals surface area (Å²) in [6, 6.07) is 14.8. The summed E-state index contributed by atoms with van der Waals surface area (Å²) in [5.74, 6) is -1.18. The Morgan fingerprint density at radius 2 is 1.77 bits per heavy atom. The number of anilines is 1. The maximum atomic E-state index is 13.1. The zero-order chi connectivity index (χ0) is 29.0. The van der Waals surface area contributed by atoms with Crippen molar-refractivity contribution in [3.8, 4) is 11.5 Å². The van der Waals surface area contributed by atoms with E-state index < -0.39 is 35.3 Å². The first-order valence-electron chi connectivity index (χ1n) is 11.4. The number of carbonyl (C=O) groups excluding carboxylic acids is 3. The Balaban J connectivity index is 1.49. The number of halogens is 5. The fourth-order valence-electron chi connectivity index (χ4n) is 3.60. The van der Waals surface area contributed by atoms with E-state index in [1.54, 1.807) is 30.3 Å². The Labute approximate surface area is 244 Å². The van der Waals surface area contributed by atoms with Crippen molar-refractivity contribution in [1.29, 1.82) is 0 Å². The van der Waals surface area contributed by atoms with Gasteiger partial charge >= 0.3 is 6.18 Å². The lowest BCUT2D eigenvalue weighted by Crippen LogP contribution is -2.36. The summed E-state index contributed by atoms with van der Waals surface area (Å²) in [6.07, 6.45) is -3.17. The summed E-state index contributed by atoms with van der Waals surface area (Å²) in [6.45, 7) is -0.486. The lowest BCUT2D eigenvalue weighted by atomic mass is 10.1. The lowest BCUT2D eigenvalue weighted by molar-refractivity contribution is -0.137. The standard InChI is InChI=1S/C27H19BrClF3N2O5S/c1-38-22-8-4-17(27(30,31)32)12-20(22)33-24(35)13-34-25(36)23(40-26(34)37)11-16-10-18(28)5-9-21(16)39-14-15-2-6-19(29)7-3-15/h2-12H,13-14H2,1H3,(H,33,35)/b23-11-. The van der Waals surface area contributed by atoms with E-state index in [0.29, 0.717) is 43.5 Å². The second-order valence-electron chi connectivity index (χ2n) is 8.33. The molecule has 1 fully saturated rings. The average molecular weight is 656 g/mol. The van der Waals surface area contributed by atoms with Crippen LogP contribution in [-0.4, -0.2) is 35.6 Å². The van der Waals surface area contributed by atoms with Crippen LogP contribution in [0.2, 0.25) is 5.02 Å². The maximum Gasteiger partial charge on any atom is 0.416 e. The van der Waals surface area contributed by atoms with E-state index in [9.17, 15) is 27.6 Å². The number of amides is 3. The molecule has 4 rings (SSSR count). The number of nitrogens with zero attached hydrogens (tertiary/aromatic N) is 1. The van der Waals surface area contributed by atoms with Crippen LogP contribution in [0, 0.1) is 0 Å². The van der Waals surface area contributed by atoms with Gasteiger partial charge in [0.2, 0.25) is 5.91 Å². The summed E-state index contributed by atoms with van der Waals surface area (Å²) < 4.78 is 51.0. The van der Waals surface area contributed by atoms with Crippen molar-refractivity contribution in [2.45, 2.75) is 12.8 Å². The first kappa shape index (κ1) is 29.5. The van der Waals surface area contributed by atoms with Crippen LogP contribution in [0.1, 0.15) is 16.7 Å². The van der Waals surface area contributed by atoms with Gasteiger partial charge < -0.3 is 14.8 Å². The molecule has 1 aliphatic rings. The van der Waals surface area contributed by atoms with E-state index >= 15 is 0 Å². The molecule has 208 valence electrons.